The summed E-state index contributed by atoms with van der Waals surface area (Å²) < 4.78 is 14.0. The highest BCUT2D eigenvalue weighted by Gasteiger charge is 2.34. The molecule has 5 nitrogen and oxygen atoms in total. The standard InChI is InChI=1S/C17H19FN4O/c18-13-6-2-1-5-12(13)17(23)22-10-4-3-7-14(22)16-19-15(20-21-16)11-8-9-11/h1-2,5-6,11,14H,3-4,7-10H2,(H,19,20,21). The highest BCUT2D eigenvalue weighted by atomic mass is 19.1. The third-order valence-corrected chi connectivity index (χ3v) is 4.65. The van der Waals surface area contributed by atoms with Gasteiger partial charge in [-0.15, -0.1) is 0 Å². The molecule has 1 saturated heterocycles. The summed E-state index contributed by atoms with van der Waals surface area (Å²) in [6, 6.07) is 6.01. The Morgan fingerprint density at radius 2 is 2.04 bits per heavy atom. The molecule has 23 heavy (non-hydrogen) atoms. The average Bonchev–Trinajstić information content (AvgIpc) is 3.32. The topological polar surface area (TPSA) is 61.9 Å². The van der Waals surface area contributed by atoms with Gasteiger partial charge in [-0.2, -0.15) is 5.10 Å². The number of H-pyrrole nitrogens is 1. The number of nitrogens with one attached hydrogen (secondary N) is 1. The minimum Gasteiger partial charge on any atom is -0.328 e. The van der Waals surface area contributed by atoms with Gasteiger partial charge < -0.3 is 4.90 Å². The summed E-state index contributed by atoms with van der Waals surface area (Å²) in [5.74, 6) is 1.31. The Morgan fingerprint density at radius 3 is 2.83 bits per heavy atom. The van der Waals surface area contributed by atoms with Gasteiger partial charge in [0.1, 0.15) is 11.6 Å². The van der Waals surface area contributed by atoms with E-state index in [0.717, 1.165) is 43.8 Å². The van der Waals surface area contributed by atoms with Crippen LogP contribution in [0.25, 0.3) is 0 Å². The number of aromatic amines is 1. The number of hydrogen-bond donors (Lipinski definition) is 1. The lowest BCUT2D eigenvalue weighted by molar-refractivity contribution is 0.0595. The Labute approximate surface area is 133 Å². The van der Waals surface area contributed by atoms with Crippen molar-refractivity contribution in [2.45, 2.75) is 44.1 Å². The van der Waals surface area contributed by atoms with Crippen LogP contribution in [0.15, 0.2) is 24.3 Å². The number of hydrogen-bond acceptors (Lipinski definition) is 3. The quantitative estimate of drug-likeness (QED) is 0.946. The number of likely N-dealkylation sites (tertiary alicyclic amines) is 1. The molecule has 2 aliphatic rings. The Bertz CT molecular complexity index is 725. The van der Waals surface area contributed by atoms with Crippen molar-refractivity contribution >= 4 is 5.91 Å². The van der Waals surface area contributed by atoms with Gasteiger partial charge in [0.25, 0.3) is 5.91 Å². The summed E-state index contributed by atoms with van der Waals surface area (Å²) in [6.07, 6.45) is 5.07. The summed E-state index contributed by atoms with van der Waals surface area (Å²) in [5.41, 5.74) is 0.126. The zero-order chi connectivity index (χ0) is 15.8. The van der Waals surface area contributed by atoms with Gasteiger partial charge >= 0.3 is 0 Å². The molecule has 1 atom stereocenters. The van der Waals surface area contributed by atoms with Crippen LogP contribution in [0.3, 0.4) is 0 Å². The first kappa shape index (κ1) is 14.4. The van der Waals surface area contributed by atoms with E-state index in [9.17, 15) is 9.18 Å². The zero-order valence-electron chi connectivity index (χ0n) is 12.8. The van der Waals surface area contributed by atoms with Gasteiger partial charge in [0.05, 0.1) is 11.6 Å². The van der Waals surface area contributed by atoms with Gasteiger partial charge in [0, 0.05) is 12.5 Å². The molecule has 120 valence electrons. The summed E-state index contributed by atoms with van der Waals surface area (Å²) in [5, 5.41) is 7.29. The summed E-state index contributed by atoms with van der Waals surface area (Å²) in [4.78, 5) is 19.1. The van der Waals surface area contributed by atoms with Gasteiger partial charge in [0.2, 0.25) is 0 Å². The predicted molar refractivity (Wildman–Crippen MR) is 82.4 cm³/mol. The van der Waals surface area contributed by atoms with Crippen molar-refractivity contribution in [3.8, 4) is 0 Å². The maximum Gasteiger partial charge on any atom is 0.257 e. The summed E-state index contributed by atoms with van der Waals surface area (Å²) in [6.45, 7) is 0.622. The second-order valence-electron chi connectivity index (χ2n) is 6.34. The Kier molecular flexibility index (Phi) is 3.59. The number of carbonyl (C=O) groups excluding carboxylic acids is 1. The normalized spacial score (nSPS) is 21.4. The molecular weight excluding hydrogens is 295 g/mol. The van der Waals surface area contributed by atoms with Gasteiger partial charge in [-0.05, 0) is 44.2 Å². The van der Waals surface area contributed by atoms with Crippen LogP contribution in [-0.4, -0.2) is 32.5 Å². The second kappa shape index (κ2) is 5.76. The molecule has 1 aliphatic carbocycles. The van der Waals surface area contributed by atoms with E-state index in [-0.39, 0.29) is 17.5 Å². The fourth-order valence-electron chi connectivity index (χ4n) is 3.21. The largest absolute Gasteiger partial charge is 0.328 e. The molecule has 1 aliphatic heterocycles. The molecular formula is C17H19FN4O. The number of aromatic nitrogens is 3. The molecule has 1 N–H and O–H groups in total. The number of halogens is 1. The molecule has 1 saturated carbocycles. The van der Waals surface area contributed by atoms with Crippen molar-refractivity contribution in [1.82, 2.24) is 20.1 Å². The van der Waals surface area contributed by atoms with Gasteiger partial charge in [-0.25, -0.2) is 9.37 Å². The highest BCUT2D eigenvalue weighted by molar-refractivity contribution is 5.94. The molecule has 1 aromatic carbocycles. The van der Waals surface area contributed by atoms with E-state index in [2.05, 4.69) is 15.2 Å². The number of nitrogens with zero attached hydrogens (tertiary/aromatic N) is 3. The minimum atomic E-state index is -0.474. The van der Waals surface area contributed by atoms with Gasteiger partial charge in [-0.3, -0.25) is 9.89 Å². The molecule has 6 heteroatoms. The smallest absolute Gasteiger partial charge is 0.257 e. The number of amides is 1. The molecule has 2 heterocycles. The second-order valence-corrected chi connectivity index (χ2v) is 6.34. The van der Waals surface area contributed by atoms with Crippen molar-refractivity contribution < 1.29 is 9.18 Å². The van der Waals surface area contributed by atoms with Crippen molar-refractivity contribution in [2.24, 2.45) is 0 Å². The lowest BCUT2D eigenvalue weighted by Gasteiger charge is -2.34. The molecule has 1 unspecified atom stereocenters. The Balaban J connectivity index is 1.62. The van der Waals surface area contributed by atoms with E-state index < -0.39 is 5.82 Å². The van der Waals surface area contributed by atoms with Crippen molar-refractivity contribution in [3.05, 3.63) is 47.3 Å². The molecule has 1 amide bonds. The zero-order valence-corrected chi connectivity index (χ0v) is 12.8. The van der Waals surface area contributed by atoms with E-state index in [1.54, 1.807) is 23.1 Å². The van der Waals surface area contributed by atoms with E-state index in [1.165, 1.54) is 6.07 Å². The fraction of sp³-hybridized carbons (Fsp3) is 0.471. The van der Waals surface area contributed by atoms with Crippen LogP contribution in [0, 0.1) is 5.82 Å². The van der Waals surface area contributed by atoms with Crippen molar-refractivity contribution in [3.63, 3.8) is 0 Å². The fourth-order valence-corrected chi connectivity index (χ4v) is 3.21. The number of piperidine rings is 1. The lowest BCUT2D eigenvalue weighted by atomic mass is 10.00. The third kappa shape index (κ3) is 2.73. The average molecular weight is 314 g/mol. The Morgan fingerprint density at radius 1 is 1.22 bits per heavy atom. The predicted octanol–water partition coefficient (Wildman–Crippen LogP) is 3.19. The molecule has 2 aromatic rings. The molecule has 4 rings (SSSR count). The van der Waals surface area contributed by atoms with Crippen LogP contribution >= 0.6 is 0 Å². The molecule has 0 spiro atoms. The number of carbonyl (C=O) groups is 1. The molecule has 0 bridgehead atoms. The van der Waals surface area contributed by atoms with E-state index >= 15 is 0 Å². The Hall–Kier alpha value is -2.24. The van der Waals surface area contributed by atoms with Crippen LogP contribution < -0.4 is 0 Å². The van der Waals surface area contributed by atoms with Gasteiger partial charge in [0.15, 0.2) is 5.82 Å². The molecule has 2 fully saturated rings. The minimum absolute atomic E-state index is 0.126. The first-order valence-corrected chi connectivity index (χ1v) is 8.22. The third-order valence-electron chi connectivity index (χ3n) is 4.65. The highest BCUT2D eigenvalue weighted by Crippen LogP contribution is 2.39. The maximum absolute atomic E-state index is 14.0. The first-order chi connectivity index (χ1) is 11.2. The van der Waals surface area contributed by atoms with E-state index in [0.29, 0.717) is 12.5 Å². The van der Waals surface area contributed by atoms with Crippen molar-refractivity contribution in [1.29, 1.82) is 0 Å². The van der Waals surface area contributed by atoms with Gasteiger partial charge in [-0.1, -0.05) is 12.1 Å². The SMILES string of the molecule is O=C(c1ccccc1F)N1CCCCC1c1nc(C2CC2)n[nH]1. The van der Waals surface area contributed by atoms with Crippen molar-refractivity contribution in [2.75, 3.05) is 6.54 Å². The summed E-state index contributed by atoms with van der Waals surface area (Å²) in [7, 11) is 0. The first-order valence-electron chi connectivity index (χ1n) is 8.22. The molecule has 1 aromatic heterocycles. The van der Waals surface area contributed by atoms with E-state index in [1.807, 2.05) is 0 Å². The monoisotopic (exact) mass is 314 g/mol. The van der Waals surface area contributed by atoms with E-state index in [4.69, 9.17) is 0 Å². The van der Waals surface area contributed by atoms with Crippen LogP contribution in [-0.2, 0) is 0 Å². The van der Waals surface area contributed by atoms with Crippen LogP contribution in [0.2, 0.25) is 0 Å². The lowest BCUT2D eigenvalue weighted by Crippen LogP contribution is -2.39. The molecule has 0 radical (unpaired) electrons. The summed E-state index contributed by atoms with van der Waals surface area (Å²) >= 11 is 0. The van der Waals surface area contributed by atoms with Crippen LogP contribution in [0.1, 0.15) is 66.1 Å². The maximum atomic E-state index is 14.0. The number of rotatable bonds is 3. The van der Waals surface area contributed by atoms with Crippen LogP contribution in [0.5, 0.6) is 0 Å². The number of benzene rings is 1. The van der Waals surface area contributed by atoms with Crippen LogP contribution in [0.4, 0.5) is 4.39 Å².